The summed E-state index contributed by atoms with van der Waals surface area (Å²) in [5.41, 5.74) is 0. The van der Waals surface area contributed by atoms with Crippen LogP contribution in [0.2, 0.25) is 0 Å². The molecule has 76 valence electrons. The van der Waals surface area contributed by atoms with Gasteiger partial charge in [-0.25, -0.2) is 4.79 Å². The van der Waals surface area contributed by atoms with E-state index in [9.17, 15) is 4.79 Å². The lowest BCUT2D eigenvalue weighted by Gasteiger charge is -2.08. The number of esters is 1. The fraction of sp³-hybridized carbons (Fsp3) is 0.700. The number of carbonyl (C=O) groups excluding carboxylic acids is 1. The average Bonchev–Trinajstić information content (AvgIpc) is 2.14. The SMILES string of the molecule is C=CCOC(=O)COC[C@H](C)CC. The molecular weight excluding hydrogens is 168 g/mol. The third kappa shape index (κ3) is 7.53. The van der Waals surface area contributed by atoms with E-state index in [1.807, 2.05) is 0 Å². The van der Waals surface area contributed by atoms with Gasteiger partial charge in [0.2, 0.25) is 0 Å². The Kier molecular flexibility index (Phi) is 7.30. The first kappa shape index (κ1) is 12.2. The predicted molar refractivity (Wildman–Crippen MR) is 51.4 cm³/mol. The quantitative estimate of drug-likeness (QED) is 0.449. The van der Waals surface area contributed by atoms with Crippen molar-refractivity contribution in [3.05, 3.63) is 12.7 Å². The second kappa shape index (κ2) is 7.80. The lowest BCUT2D eigenvalue weighted by Crippen LogP contribution is -2.15. The molecule has 0 saturated carbocycles. The molecule has 1 atom stereocenters. The zero-order valence-corrected chi connectivity index (χ0v) is 8.41. The van der Waals surface area contributed by atoms with Crippen LogP contribution < -0.4 is 0 Å². The van der Waals surface area contributed by atoms with Gasteiger partial charge in [0.1, 0.15) is 13.2 Å². The summed E-state index contributed by atoms with van der Waals surface area (Å²) in [5, 5.41) is 0. The van der Waals surface area contributed by atoms with Crippen LogP contribution in [0.1, 0.15) is 20.3 Å². The van der Waals surface area contributed by atoms with Crippen LogP contribution in [0.3, 0.4) is 0 Å². The highest BCUT2D eigenvalue weighted by Crippen LogP contribution is 2.00. The van der Waals surface area contributed by atoms with Crippen molar-refractivity contribution in [1.29, 1.82) is 0 Å². The summed E-state index contributed by atoms with van der Waals surface area (Å²) in [6.07, 6.45) is 2.59. The predicted octanol–water partition coefficient (Wildman–Crippen LogP) is 1.78. The summed E-state index contributed by atoms with van der Waals surface area (Å²) in [6, 6.07) is 0. The molecule has 0 saturated heterocycles. The zero-order chi connectivity index (χ0) is 10.1. The van der Waals surface area contributed by atoms with E-state index in [1.165, 1.54) is 6.08 Å². The minimum absolute atomic E-state index is 0.0399. The number of hydrogen-bond acceptors (Lipinski definition) is 3. The molecule has 0 N–H and O–H groups in total. The summed E-state index contributed by atoms with van der Waals surface area (Å²) in [5.74, 6) is 0.162. The number of rotatable bonds is 7. The van der Waals surface area contributed by atoms with Crippen molar-refractivity contribution in [2.45, 2.75) is 20.3 Å². The summed E-state index contributed by atoms with van der Waals surface area (Å²) >= 11 is 0. The summed E-state index contributed by atoms with van der Waals surface area (Å²) in [6.45, 7) is 8.51. The van der Waals surface area contributed by atoms with Crippen LogP contribution in [0.25, 0.3) is 0 Å². The summed E-state index contributed by atoms with van der Waals surface area (Å²) < 4.78 is 9.86. The van der Waals surface area contributed by atoms with E-state index in [0.717, 1.165) is 6.42 Å². The normalized spacial score (nSPS) is 12.2. The molecular formula is C10H18O3. The molecule has 0 aliphatic rings. The van der Waals surface area contributed by atoms with Crippen molar-refractivity contribution >= 4 is 5.97 Å². The fourth-order valence-corrected chi connectivity index (χ4v) is 0.655. The van der Waals surface area contributed by atoms with E-state index >= 15 is 0 Å². The number of carbonyl (C=O) groups is 1. The molecule has 3 heteroatoms. The molecule has 0 rings (SSSR count). The Bertz CT molecular complexity index is 154. The molecule has 0 heterocycles. The fourth-order valence-electron chi connectivity index (χ4n) is 0.655. The Labute approximate surface area is 79.7 Å². The second-order valence-corrected chi connectivity index (χ2v) is 3.00. The minimum atomic E-state index is -0.330. The standard InChI is InChI=1S/C10H18O3/c1-4-6-13-10(11)8-12-7-9(3)5-2/h4,9H,1,5-8H2,2-3H3/t9-/m1/s1. The van der Waals surface area contributed by atoms with Crippen molar-refractivity contribution in [2.75, 3.05) is 19.8 Å². The number of hydrogen-bond donors (Lipinski definition) is 0. The smallest absolute Gasteiger partial charge is 0.332 e. The van der Waals surface area contributed by atoms with Crippen molar-refractivity contribution in [3.8, 4) is 0 Å². The monoisotopic (exact) mass is 186 g/mol. The first-order chi connectivity index (χ1) is 6.20. The molecule has 13 heavy (non-hydrogen) atoms. The highest BCUT2D eigenvalue weighted by atomic mass is 16.6. The van der Waals surface area contributed by atoms with Gasteiger partial charge >= 0.3 is 5.97 Å². The summed E-state index contributed by atoms with van der Waals surface area (Å²) in [4.78, 5) is 10.9. The van der Waals surface area contributed by atoms with Crippen molar-refractivity contribution < 1.29 is 14.3 Å². The van der Waals surface area contributed by atoms with Crippen LogP contribution in [0.15, 0.2) is 12.7 Å². The Morgan fingerprint density at radius 1 is 1.62 bits per heavy atom. The van der Waals surface area contributed by atoms with Crippen LogP contribution in [0.5, 0.6) is 0 Å². The van der Waals surface area contributed by atoms with Crippen LogP contribution in [-0.4, -0.2) is 25.8 Å². The molecule has 0 aromatic rings. The molecule has 0 unspecified atom stereocenters. The van der Waals surface area contributed by atoms with E-state index in [4.69, 9.17) is 9.47 Å². The molecule has 0 aromatic carbocycles. The maximum Gasteiger partial charge on any atom is 0.332 e. The molecule has 0 spiro atoms. The van der Waals surface area contributed by atoms with Gasteiger partial charge in [-0.2, -0.15) is 0 Å². The minimum Gasteiger partial charge on any atom is -0.460 e. The molecule has 3 nitrogen and oxygen atoms in total. The van der Waals surface area contributed by atoms with E-state index in [2.05, 4.69) is 20.4 Å². The van der Waals surface area contributed by atoms with Crippen molar-refractivity contribution in [1.82, 2.24) is 0 Å². The highest BCUT2D eigenvalue weighted by Gasteiger charge is 2.03. The van der Waals surface area contributed by atoms with Gasteiger partial charge in [0.05, 0.1) is 0 Å². The molecule has 0 aromatic heterocycles. The Hall–Kier alpha value is -0.830. The van der Waals surface area contributed by atoms with Crippen LogP contribution in [0.4, 0.5) is 0 Å². The zero-order valence-electron chi connectivity index (χ0n) is 8.41. The van der Waals surface area contributed by atoms with Gasteiger partial charge in [-0.05, 0) is 5.92 Å². The average molecular weight is 186 g/mol. The van der Waals surface area contributed by atoms with Crippen molar-refractivity contribution in [2.24, 2.45) is 5.92 Å². The molecule has 0 aliphatic heterocycles. The molecule has 0 amide bonds. The lowest BCUT2D eigenvalue weighted by molar-refractivity contribution is -0.148. The largest absolute Gasteiger partial charge is 0.460 e. The molecule has 0 bridgehead atoms. The van der Waals surface area contributed by atoms with Crippen LogP contribution in [0, 0.1) is 5.92 Å². The van der Waals surface area contributed by atoms with Gasteiger partial charge in [-0.15, -0.1) is 0 Å². The maximum atomic E-state index is 10.9. The van der Waals surface area contributed by atoms with Crippen LogP contribution >= 0.6 is 0 Å². The number of ether oxygens (including phenoxy) is 2. The van der Waals surface area contributed by atoms with E-state index < -0.39 is 0 Å². The first-order valence-electron chi connectivity index (χ1n) is 4.55. The maximum absolute atomic E-state index is 10.9. The van der Waals surface area contributed by atoms with E-state index in [1.54, 1.807) is 0 Å². The summed E-state index contributed by atoms with van der Waals surface area (Å²) in [7, 11) is 0. The van der Waals surface area contributed by atoms with Gasteiger partial charge in [0.25, 0.3) is 0 Å². The van der Waals surface area contributed by atoms with Crippen LogP contribution in [-0.2, 0) is 14.3 Å². The third-order valence-corrected chi connectivity index (χ3v) is 1.68. The Morgan fingerprint density at radius 2 is 2.31 bits per heavy atom. The van der Waals surface area contributed by atoms with Gasteiger partial charge in [-0.3, -0.25) is 0 Å². The Morgan fingerprint density at radius 3 is 2.85 bits per heavy atom. The van der Waals surface area contributed by atoms with E-state index in [0.29, 0.717) is 12.5 Å². The van der Waals surface area contributed by atoms with Gasteiger partial charge in [-0.1, -0.05) is 32.9 Å². The molecule has 0 aliphatic carbocycles. The van der Waals surface area contributed by atoms with Gasteiger partial charge in [0, 0.05) is 6.61 Å². The van der Waals surface area contributed by atoms with Crippen molar-refractivity contribution in [3.63, 3.8) is 0 Å². The molecule has 0 radical (unpaired) electrons. The third-order valence-electron chi connectivity index (χ3n) is 1.68. The molecule has 0 fully saturated rings. The first-order valence-corrected chi connectivity index (χ1v) is 4.55. The highest BCUT2D eigenvalue weighted by molar-refractivity contribution is 5.70. The second-order valence-electron chi connectivity index (χ2n) is 3.00. The van der Waals surface area contributed by atoms with E-state index in [-0.39, 0.29) is 19.2 Å². The van der Waals surface area contributed by atoms with Gasteiger partial charge in [0.15, 0.2) is 0 Å². The van der Waals surface area contributed by atoms with Gasteiger partial charge < -0.3 is 9.47 Å². The lowest BCUT2D eigenvalue weighted by atomic mass is 10.1. The Balaban J connectivity index is 3.31. The topological polar surface area (TPSA) is 35.5 Å².